The first-order chi connectivity index (χ1) is 11.2. The number of phenolic OH excluding ortho intramolecular Hbond substituents is 1. The molecule has 2 aliphatic heterocycles. The minimum Gasteiger partial charge on any atom is -0.504 e. The molecule has 0 radical (unpaired) electrons. The number of halogens is 1. The molecule has 1 aromatic carbocycles. The number of aromatic hydroxyl groups is 1. The van der Waals surface area contributed by atoms with Crippen LogP contribution in [0, 0.1) is 0 Å². The van der Waals surface area contributed by atoms with Gasteiger partial charge in [-0.3, -0.25) is 4.90 Å². The molecule has 1 aromatic heterocycles. The molecule has 0 amide bonds. The van der Waals surface area contributed by atoms with Crippen molar-refractivity contribution in [3.05, 3.63) is 46.4 Å². The van der Waals surface area contributed by atoms with E-state index in [-0.39, 0.29) is 11.8 Å². The Bertz CT molecular complexity index is 740. The summed E-state index contributed by atoms with van der Waals surface area (Å²) < 4.78 is 11.5. The Morgan fingerprint density at radius 1 is 1.39 bits per heavy atom. The first-order valence-electron chi connectivity index (χ1n) is 8.00. The fourth-order valence-electron chi connectivity index (χ4n) is 3.85. The zero-order valence-corrected chi connectivity index (χ0v) is 13.9. The molecule has 4 nitrogen and oxygen atoms in total. The van der Waals surface area contributed by atoms with Gasteiger partial charge < -0.3 is 14.3 Å². The molecule has 2 aromatic rings. The molecule has 1 atom stereocenters. The molecule has 0 saturated heterocycles. The van der Waals surface area contributed by atoms with E-state index in [1.807, 2.05) is 6.07 Å². The largest absolute Gasteiger partial charge is 0.504 e. The minimum atomic E-state index is 0.213. The van der Waals surface area contributed by atoms with Gasteiger partial charge in [0.2, 0.25) is 0 Å². The van der Waals surface area contributed by atoms with Crippen molar-refractivity contribution in [1.82, 2.24) is 4.90 Å². The third-order valence-corrected chi connectivity index (χ3v) is 5.15. The van der Waals surface area contributed by atoms with E-state index < -0.39 is 0 Å². The van der Waals surface area contributed by atoms with Gasteiger partial charge in [-0.2, -0.15) is 0 Å². The summed E-state index contributed by atoms with van der Waals surface area (Å²) in [5.74, 6) is 3.48. The predicted octanol–water partition coefficient (Wildman–Crippen LogP) is 3.43. The summed E-state index contributed by atoms with van der Waals surface area (Å²) in [5.41, 5.74) is 3.64. The average Bonchev–Trinajstić information content (AvgIpc) is 2.96. The molecule has 0 aliphatic carbocycles. The summed E-state index contributed by atoms with van der Waals surface area (Å²) in [6.07, 6.45) is 2.65. The SMILES string of the molecule is COc1c(O)ccc2c1CN1CCc3cc(CCCl)oc3C1C2. The van der Waals surface area contributed by atoms with Crippen LogP contribution < -0.4 is 4.74 Å². The molecule has 23 heavy (non-hydrogen) atoms. The number of furan rings is 1. The number of phenols is 1. The maximum absolute atomic E-state index is 10.0. The highest BCUT2D eigenvalue weighted by atomic mass is 35.5. The van der Waals surface area contributed by atoms with Crippen LogP contribution in [0.4, 0.5) is 0 Å². The molecule has 0 spiro atoms. The third-order valence-electron chi connectivity index (χ3n) is 4.96. The third kappa shape index (κ3) is 2.41. The van der Waals surface area contributed by atoms with Crippen LogP contribution in [0.15, 0.2) is 22.6 Å². The van der Waals surface area contributed by atoms with Gasteiger partial charge in [-0.05, 0) is 36.1 Å². The molecule has 0 saturated carbocycles. The van der Waals surface area contributed by atoms with Crippen LogP contribution in [-0.4, -0.2) is 29.5 Å². The molecule has 1 unspecified atom stereocenters. The lowest BCUT2D eigenvalue weighted by Gasteiger charge is -2.39. The number of aryl methyl sites for hydroxylation is 1. The highest BCUT2D eigenvalue weighted by Gasteiger charge is 2.36. The molecule has 0 fully saturated rings. The second-order valence-electron chi connectivity index (χ2n) is 6.24. The highest BCUT2D eigenvalue weighted by molar-refractivity contribution is 6.17. The summed E-state index contributed by atoms with van der Waals surface area (Å²) in [4.78, 5) is 2.42. The van der Waals surface area contributed by atoms with E-state index >= 15 is 0 Å². The fourth-order valence-corrected chi connectivity index (χ4v) is 4.04. The zero-order valence-electron chi connectivity index (χ0n) is 13.1. The van der Waals surface area contributed by atoms with Crippen molar-refractivity contribution >= 4 is 11.6 Å². The molecule has 3 heterocycles. The molecule has 4 rings (SSSR count). The standard InChI is InChI=1S/C18H20ClNO3/c1-22-18-14-10-20-7-5-12-8-13(4-6-19)23-17(12)15(20)9-11(14)2-3-16(18)21/h2-3,8,15,21H,4-7,9-10H2,1H3. The molecule has 122 valence electrons. The number of benzene rings is 1. The number of fused-ring (bicyclic) bond motifs is 4. The van der Waals surface area contributed by atoms with Gasteiger partial charge in [0.25, 0.3) is 0 Å². The van der Waals surface area contributed by atoms with E-state index in [4.69, 9.17) is 20.8 Å². The van der Waals surface area contributed by atoms with Gasteiger partial charge in [0.1, 0.15) is 11.5 Å². The topological polar surface area (TPSA) is 45.8 Å². The molecule has 1 N–H and O–H groups in total. The summed E-state index contributed by atoms with van der Waals surface area (Å²) in [6, 6.07) is 6.16. The Balaban J connectivity index is 1.72. The van der Waals surface area contributed by atoms with Crippen LogP contribution in [0.3, 0.4) is 0 Å². The normalized spacial score (nSPS) is 19.8. The van der Waals surface area contributed by atoms with Crippen molar-refractivity contribution in [1.29, 1.82) is 0 Å². The summed E-state index contributed by atoms with van der Waals surface area (Å²) in [6.45, 7) is 1.78. The Hall–Kier alpha value is -1.65. The van der Waals surface area contributed by atoms with E-state index in [0.29, 0.717) is 11.6 Å². The quantitative estimate of drug-likeness (QED) is 0.874. The van der Waals surface area contributed by atoms with Gasteiger partial charge in [0.15, 0.2) is 11.5 Å². The van der Waals surface area contributed by atoms with Crippen molar-refractivity contribution in [3.63, 3.8) is 0 Å². The maximum Gasteiger partial charge on any atom is 0.165 e. The smallest absolute Gasteiger partial charge is 0.165 e. The number of hydrogen-bond donors (Lipinski definition) is 1. The Kier molecular flexibility index (Phi) is 3.74. The van der Waals surface area contributed by atoms with Crippen molar-refractivity contribution < 1.29 is 14.3 Å². The summed E-state index contributed by atoms with van der Waals surface area (Å²) in [7, 11) is 1.61. The summed E-state index contributed by atoms with van der Waals surface area (Å²) >= 11 is 5.84. The van der Waals surface area contributed by atoms with Crippen LogP contribution >= 0.6 is 11.6 Å². The molecule has 0 bridgehead atoms. The van der Waals surface area contributed by atoms with Crippen LogP contribution in [0.2, 0.25) is 0 Å². The molecule has 5 heteroatoms. The highest BCUT2D eigenvalue weighted by Crippen LogP contribution is 2.44. The van der Waals surface area contributed by atoms with Crippen molar-refractivity contribution in [3.8, 4) is 11.5 Å². The van der Waals surface area contributed by atoms with E-state index in [2.05, 4.69) is 11.0 Å². The van der Waals surface area contributed by atoms with Crippen LogP contribution in [0.1, 0.15) is 34.3 Å². The first-order valence-corrected chi connectivity index (χ1v) is 8.54. The second-order valence-corrected chi connectivity index (χ2v) is 6.62. The number of methoxy groups -OCH3 is 1. The summed E-state index contributed by atoms with van der Waals surface area (Å²) in [5, 5.41) is 10.0. The molecule has 2 aliphatic rings. The van der Waals surface area contributed by atoms with Gasteiger partial charge in [-0.15, -0.1) is 11.6 Å². The lowest BCUT2D eigenvalue weighted by molar-refractivity contribution is 0.135. The van der Waals surface area contributed by atoms with Crippen molar-refractivity contribution in [2.75, 3.05) is 19.5 Å². The fraction of sp³-hybridized carbons (Fsp3) is 0.444. The van der Waals surface area contributed by atoms with Crippen molar-refractivity contribution in [2.24, 2.45) is 0 Å². The number of ether oxygens (including phenoxy) is 1. The minimum absolute atomic E-state index is 0.213. The molecular formula is C18H20ClNO3. The van der Waals surface area contributed by atoms with Gasteiger partial charge >= 0.3 is 0 Å². The van der Waals surface area contributed by atoms with Gasteiger partial charge in [0, 0.05) is 31.0 Å². The molecular weight excluding hydrogens is 314 g/mol. The van der Waals surface area contributed by atoms with Crippen LogP contribution in [0.25, 0.3) is 0 Å². The van der Waals surface area contributed by atoms with E-state index in [1.165, 1.54) is 11.1 Å². The van der Waals surface area contributed by atoms with Gasteiger partial charge in [0.05, 0.1) is 13.2 Å². The Labute approximate surface area is 140 Å². The lowest BCUT2D eigenvalue weighted by atomic mass is 9.87. The monoisotopic (exact) mass is 333 g/mol. The predicted molar refractivity (Wildman–Crippen MR) is 88.3 cm³/mol. The second kappa shape index (κ2) is 5.77. The Morgan fingerprint density at radius 2 is 2.26 bits per heavy atom. The van der Waals surface area contributed by atoms with Crippen molar-refractivity contribution in [2.45, 2.75) is 31.8 Å². The average molecular weight is 334 g/mol. The zero-order chi connectivity index (χ0) is 16.0. The number of rotatable bonds is 3. The van der Waals surface area contributed by atoms with E-state index in [9.17, 15) is 5.11 Å². The van der Waals surface area contributed by atoms with E-state index in [0.717, 1.165) is 49.4 Å². The number of alkyl halides is 1. The number of hydrogen-bond acceptors (Lipinski definition) is 4. The number of nitrogens with zero attached hydrogens (tertiary/aromatic N) is 1. The van der Waals surface area contributed by atoms with Crippen LogP contribution in [-0.2, 0) is 25.8 Å². The maximum atomic E-state index is 10.0. The lowest BCUT2D eigenvalue weighted by Crippen LogP contribution is -2.39. The Morgan fingerprint density at radius 3 is 3.04 bits per heavy atom. The van der Waals surface area contributed by atoms with Gasteiger partial charge in [-0.25, -0.2) is 0 Å². The van der Waals surface area contributed by atoms with E-state index in [1.54, 1.807) is 13.2 Å². The van der Waals surface area contributed by atoms with Crippen LogP contribution in [0.5, 0.6) is 11.5 Å². The first kappa shape index (κ1) is 14.9. The van der Waals surface area contributed by atoms with Gasteiger partial charge in [-0.1, -0.05) is 6.07 Å².